The number of carboxylic acid groups (broad SMARTS) is 1. The molecule has 0 saturated carbocycles. The van der Waals surface area contributed by atoms with Crippen LogP contribution in [0.3, 0.4) is 0 Å². The van der Waals surface area contributed by atoms with Gasteiger partial charge in [-0.2, -0.15) is 0 Å². The van der Waals surface area contributed by atoms with Gasteiger partial charge in [-0.1, -0.05) is 24.3 Å². The maximum atomic E-state index is 11.9. The van der Waals surface area contributed by atoms with Gasteiger partial charge < -0.3 is 5.11 Å². The molecule has 16 heavy (non-hydrogen) atoms. The zero-order valence-electron chi connectivity index (χ0n) is 8.54. The summed E-state index contributed by atoms with van der Waals surface area (Å²) in [5.74, 6) is -1.36. The maximum absolute atomic E-state index is 11.9. The molecule has 1 unspecified atom stereocenters. The Labute approximate surface area is 94.1 Å². The Balaban J connectivity index is 3.19. The third kappa shape index (κ3) is 2.49. The molecule has 0 saturated heterocycles. The highest BCUT2D eigenvalue weighted by atomic mass is 32.2. The van der Waals surface area contributed by atoms with Gasteiger partial charge in [-0.15, -0.1) is 6.58 Å². The van der Waals surface area contributed by atoms with Gasteiger partial charge >= 0.3 is 5.97 Å². The molecule has 0 fully saturated rings. The van der Waals surface area contributed by atoms with E-state index in [9.17, 15) is 13.2 Å². The normalized spacial score (nSPS) is 13.0. The number of carbonyl (C=O) groups is 1. The number of hydrogen-bond donors (Lipinski definition) is 1. The lowest BCUT2D eigenvalue weighted by molar-refractivity contribution is -0.136. The van der Waals surface area contributed by atoms with Crippen LogP contribution in [-0.2, 0) is 14.6 Å². The van der Waals surface area contributed by atoms with Gasteiger partial charge in [0.15, 0.2) is 15.1 Å². The van der Waals surface area contributed by atoms with Gasteiger partial charge in [0.05, 0.1) is 4.90 Å². The fraction of sp³-hybridized carbons (Fsp3) is 0.182. The Bertz CT molecular complexity index is 476. The van der Waals surface area contributed by atoms with Gasteiger partial charge in [-0.25, -0.2) is 8.42 Å². The van der Waals surface area contributed by atoms with E-state index in [0.717, 1.165) is 0 Å². The molecular formula is C11H12O4S. The van der Waals surface area contributed by atoms with Crippen LogP contribution in [0.2, 0.25) is 0 Å². The Morgan fingerprint density at radius 1 is 1.38 bits per heavy atom. The summed E-state index contributed by atoms with van der Waals surface area (Å²) in [4.78, 5) is 10.9. The molecule has 0 amide bonds. The molecule has 0 radical (unpaired) electrons. The highest BCUT2D eigenvalue weighted by molar-refractivity contribution is 7.92. The topological polar surface area (TPSA) is 71.4 Å². The van der Waals surface area contributed by atoms with Gasteiger partial charge in [0.1, 0.15) is 0 Å². The first kappa shape index (κ1) is 12.4. The molecule has 0 aromatic heterocycles. The third-order valence-corrected chi connectivity index (χ3v) is 4.17. The van der Waals surface area contributed by atoms with E-state index in [1.54, 1.807) is 18.2 Å². The first-order chi connectivity index (χ1) is 7.50. The van der Waals surface area contributed by atoms with E-state index in [2.05, 4.69) is 6.58 Å². The van der Waals surface area contributed by atoms with Crippen LogP contribution in [0.15, 0.2) is 47.9 Å². The van der Waals surface area contributed by atoms with Crippen molar-refractivity contribution in [2.45, 2.75) is 16.6 Å². The van der Waals surface area contributed by atoms with Crippen molar-refractivity contribution in [1.29, 1.82) is 0 Å². The molecule has 0 bridgehead atoms. The minimum Gasteiger partial charge on any atom is -0.480 e. The minimum atomic E-state index is -3.83. The van der Waals surface area contributed by atoms with Crippen molar-refractivity contribution in [3.8, 4) is 0 Å². The second-order valence-corrected chi connectivity index (χ2v) is 5.34. The van der Waals surface area contributed by atoms with Crippen LogP contribution >= 0.6 is 0 Å². The fourth-order valence-electron chi connectivity index (χ4n) is 1.29. The predicted molar refractivity (Wildman–Crippen MR) is 59.9 cm³/mol. The molecule has 0 aliphatic heterocycles. The van der Waals surface area contributed by atoms with Crippen LogP contribution in [0.5, 0.6) is 0 Å². The second-order valence-electron chi connectivity index (χ2n) is 3.21. The molecule has 0 heterocycles. The average Bonchev–Trinajstić information content (AvgIpc) is 2.26. The summed E-state index contributed by atoms with van der Waals surface area (Å²) in [5.41, 5.74) is 0. The summed E-state index contributed by atoms with van der Waals surface area (Å²) in [7, 11) is -3.83. The lowest BCUT2D eigenvalue weighted by Crippen LogP contribution is -2.29. The summed E-state index contributed by atoms with van der Waals surface area (Å²) in [6.07, 6.45) is 1.19. The highest BCUT2D eigenvalue weighted by Crippen LogP contribution is 2.18. The minimum absolute atomic E-state index is 0.0178. The van der Waals surface area contributed by atoms with Gasteiger partial charge in [0, 0.05) is 0 Å². The average molecular weight is 240 g/mol. The zero-order chi connectivity index (χ0) is 12.2. The Morgan fingerprint density at radius 3 is 2.38 bits per heavy atom. The molecule has 5 heteroatoms. The zero-order valence-corrected chi connectivity index (χ0v) is 9.35. The molecular weight excluding hydrogens is 228 g/mol. The number of aliphatic carboxylic acids is 1. The first-order valence-electron chi connectivity index (χ1n) is 4.62. The van der Waals surface area contributed by atoms with E-state index in [1.807, 2.05) is 0 Å². The molecule has 0 aliphatic carbocycles. The van der Waals surface area contributed by atoms with Crippen molar-refractivity contribution >= 4 is 15.8 Å². The van der Waals surface area contributed by atoms with Gasteiger partial charge in [-0.05, 0) is 18.6 Å². The largest absolute Gasteiger partial charge is 0.480 e. The molecule has 1 aromatic rings. The van der Waals surface area contributed by atoms with E-state index in [4.69, 9.17) is 5.11 Å². The van der Waals surface area contributed by atoms with Gasteiger partial charge in [0.2, 0.25) is 0 Å². The van der Waals surface area contributed by atoms with Crippen LogP contribution in [0.25, 0.3) is 0 Å². The summed E-state index contributed by atoms with van der Waals surface area (Å²) in [5, 5.41) is 7.41. The Morgan fingerprint density at radius 2 is 1.94 bits per heavy atom. The van der Waals surface area contributed by atoms with E-state index in [-0.39, 0.29) is 11.3 Å². The van der Waals surface area contributed by atoms with Crippen LogP contribution in [0.4, 0.5) is 0 Å². The first-order valence-corrected chi connectivity index (χ1v) is 6.17. The quantitative estimate of drug-likeness (QED) is 0.791. The molecule has 4 nitrogen and oxygen atoms in total. The van der Waals surface area contributed by atoms with Crippen molar-refractivity contribution in [3.63, 3.8) is 0 Å². The summed E-state index contributed by atoms with van der Waals surface area (Å²) in [6.45, 7) is 3.36. The summed E-state index contributed by atoms with van der Waals surface area (Å²) < 4.78 is 23.9. The van der Waals surface area contributed by atoms with E-state index in [1.165, 1.54) is 18.2 Å². The number of carboxylic acids is 1. The standard InChI is InChI=1S/C11H12O4S/c1-2-6-10(11(12)13)16(14,15)9-7-4-3-5-8-9/h2-5,7-8,10H,1,6H2,(H,12,13). The SMILES string of the molecule is C=CCC(C(=O)O)S(=O)(=O)c1ccccc1. The van der Waals surface area contributed by atoms with Crippen LogP contribution < -0.4 is 0 Å². The number of rotatable bonds is 5. The molecule has 0 aliphatic rings. The van der Waals surface area contributed by atoms with Crippen LogP contribution in [0, 0.1) is 0 Å². The van der Waals surface area contributed by atoms with Crippen molar-refractivity contribution in [2.24, 2.45) is 0 Å². The Hall–Kier alpha value is -1.62. The number of benzene rings is 1. The van der Waals surface area contributed by atoms with E-state index < -0.39 is 21.1 Å². The highest BCUT2D eigenvalue weighted by Gasteiger charge is 2.32. The predicted octanol–water partition coefficient (Wildman–Crippen LogP) is 1.49. The van der Waals surface area contributed by atoms with E-state index >= 15 is 0 Å². The third-order valence-electron chi connectivity index (χ3n) is 2.10. The van der Waals surface area contributed by atoms with Crippen molar-refractivity contribution < 1.29 is 18.3 Å². The molecule has 1 rings (SSSR count). The number of hydrogen-bond acceptors (Lipinski definition) is 3. The van der Waals surface area contributed by atoms with Crippen molar-refractivity contribution in [2.75, 3.05) is 0 Å². The van der Waals surface area contributed by atoms with Gasteiger partial charge in [0.25, 0.3) is 0 Å². The summed E-state index contributed by atoms with van der Waals surface area (Å²) >= 11 is 0. The van der Waals surface area contributed by atoms with Crippen molar-refractivity contribution in [3.05, 3.63) is 43.0 Å². The monoisotopic (exact) mass is 240 g/mol. The van der Waals surface area contributed by atoms with E-state index in [0.29, 0.717) is 0 Å². The molecule has 1 atom stereocenters. The second kappa shape index (κ2) is 4.94. The smallest absolute Gasteiger partial charge is 0.322 e. The summed E-state index contributed by atoms with van der Waals surface area (Å²) in [6, 6.07) is 7.55. The molecule has 0 spiro atoms. The lowest BCUT2D eigenvalue weighted by atomic mass is 10.3. The maximum Gasteiger partial charge on any atom is 0.322 e. The number of sulfone groups is 1. The molecule has 1 aromatic carbocycles. The fourth-order valence-corrected chi connectivity index (χ4v) is 2.81. The molecule has 86 valence electrons. The Kier molecular flexibility index (Phi) is 3.84. The van der Waals surface area contributed by atoms with Gasteiger partial charge in [-0.3, -0.25) is 4.79 Å². The molecule has 1 N–H and O–H groups in total. The lowest BCUT2D eigenvalue weighted by Gasteiger charge is -2.11. The number of allylic oxidation sites excluding steroid dienone is 1. The van der Waals surface area contributed by atoms with Crippen LogP contribution in [-0.4, -0.2) is 24.7 Å². The van der Waals surface area contributed by atoms with Crippen LogP contribution in [0.1, 0.15) is 6.42 Å². The van der Waals surface area contributed by atoms with Crippen molar-refractivity contribution in [1.82, 2.24) is 0 Å².